The van der Waals surface area contributed by atoms with Gasteiger partial charge in [0, 0.05) is 17.8 Å². The predicted octanol–water partition coefficient (Wildman–Crippen LogP) is 3.84. The van der Waals surface area contributed by atoms with Gasteiger partial charge < -0.3 is 24.8 Å². The lowest BCUT2D eigenvalue weighted by Gasteiger charge is -2.18. The summed E-state index contributed by atoms with van der Waals surface area (Å²) in [5, 5.41) is 16.7. The van der Waals surface area contributed by atoms with E-state index < -0.39 is 11.0 Å². The Morgan fingerprint density at radius 3 is 2.38 bits per heavy atom. The van der Waals surface area contributed by atoms with E-state index >= 15 is 0 Å². The summed E-state index contributed by atoms with van der Waals surface area (Å²) in [4.78, 5) is 22.9. The van der Waals surface area contributed by atoms with Crippen LogP contribution in [-0.2, 0) is 4.79 Å². The maximum atomic E-state index is 12.6. The first-order chi connectivity index (χ1) is 13.9. The minimum Gasteiger partial charge on any atom is -0.494 e. The molecule has 9 heteroatoms. The van der Waals surface area contributed by atoms with Crippen LogP contribution in [0, 0.1) is 10.1 Å². The lowest BCUT2D eigenvalue weighted by atomic mass is 10.2. The summed E-state index contributed by atoms with van der Waals surface area (Å²) >= 11 is 0. The van der Waals surface area contributed by atoms with Crippen LogP contribution in [0.2, 0.25) is 0 Å². The molecule has 0 spiro atoms. The molecule has 0 fully saturated rings. The highest BCUT2D eigenvalue weighted by Gasteiger charge is 2.18. The van der Waals surface area contributed by atoms with Gasteiger partial charge in [-0.25, -0.2) is 0 Å². The quantitative estimate of drug-likeness (QED) is 0.458. The van der Waals surface area contributed by atoms with Crippen LogP contribution in [0.5, 0.6) is 17.2 Å². The Kier molecular flexibility index (Phi) is 7.64. The summed E-state index contributed by atoms with van der Waals surface area (Å²) in [6.07, 6.45) is 0. The third-order valence-corrected chi connectivity index (χ3v) is 3.97. The molecule has 2 aromatic rings. The van der Waals surface area contributed by atoms with Gasteiger partial charge in [-0.15, -0.1) is 0 Å². The summed E-state index contributed by atoms with van der Waals surface area (Å²) < 4.78 is 16.3. The molecule has 2 aromatic carbocycles. The summed E-state index contributed by atoms with van der Waals surface area (Å²) in [5.74, 6) is 1.10. The van der Waals surface area contributed by atoms with E-state index in [-0.39, 0.29) is 17.3 Å². The number of non-ortho nitro benzene ring substituents is 1. The molecule has 0 heterocycles. The number of anilines is 2. The van der Waals surface area contributed by atoms with Gasteiger partial charge in [0.05, 0.1) is 37.0 Å². The molecule has 29 heavy (non-hydrogen) atoms. The summed E-state index contributed by atoms with van der Waals surface area (Å²) in [5.41, 5.74) is 0.914. The summed E-state index contributed by atoms with van der Waals surface area (Å²) in [6.45, 7) is 6.47. The van der Waals surface area contributed by atoms with Gasteiger partial charge >= 0.3 is 0 Å². The molecule has 9 nitrogen and oxygen atoms in total. The zero-order valence-corrected chi connectivity index (χ0v) is 16.9. The molecule has 0 radical (unpaired) electrons. The lowest BCUT2D eigenvalue weighted by molar-refractivity contribution is -0.384. The van der Waals surface area contributed by atoms with Gasteiger partial charge in [-0.1, -0.05) is 0 Å². The minimum absolute atomic E-state index is 0.121. The largest absolute Gasteiger partial charge is 0.494 e. The fraction of sp³-hybridized carbons (Fsp3) is 0.350. The van der Waals surface area contributed by atoms with Crippen molar-refractivity contribution in [2.75, 3.05) is 31.0 Å². The second kappa shape index (κ2) is 10.2. The predicted molar refractivity (Wildman–Crippen MR) is 110 cm³/mol. The number of hydrogen-bond acceptors (Lipinski definition) is 7. The van der Waals surface area contributed by atoms with Gasteiger partial charge in [0.15, 0.2) is 11.5 Å². The molecule has 1 amide bonds. The Labute approximate surface area is 169 Å². The molecule has 2 rings (SSSR count). The van der Waals surface area contributed by atoms with Crippen molar-refractivity contribution >= 4 is 23.0 Å². The van der Waals surface area contributed by atoms with Crippen LogP contribution < -0.4 is 24.8 Å². The number of carbonyl (C=O) groups excluding carboxylic acids is 1. The summed E-state index contributed by atoms with van der Waals surface area (Å²) in [6, 6.07) is 8.74. The van der Waals surface area contributed by atoms with Crippen LogP contribution in [0.25, 0.3) is 0 Å². The van der Waals surface area contributed by atoms with Crippen molar-refractivity contribution in [1.29, 1.82) is 0 Å². The molecule has 0 bridgehead atoms. The molecule has 0 aromatic heterocycles. The van der Waals surface area contributed by atoms with Crippen molar-refractivity contribution in [3.63, 3.8) is 0 Å². The number of nitrogens with zero attached hydrogens (tertiary/aromatic N) is 1. The van der Waals surface area contributed by atoms with E-state index in [2.05, 4.69) is 10.6 Å². The van der Waals surface area contributed by atoms with E-state index in [1.807, 2.05) is 13.8 Å². The second-order valence-electron chi connectivity index (χ2n) is 6.02. The van der Waals surface area contributed by atoms with Gasteiger partial charge in [0.25, 0.3) is 5.69 Å². The normalized spacial score (nSPS) is 11.3. The molecule has 156 valence electrons. The first-order valence-electron chi connectivity index (χ1n) is 9.19. The maximum Gasteiger partial charge on any atom is 0.273 e. The highest BCUT2D eigenvalue weighted by atomic mass is 16.6. The molecule has 1 atom stereocenters. The van der Waals surface area contributed by atoms with Crippen LogP contribution in [0.1, 0.15) is 20.8 Å². The summed E-state index contributed by atoms with van der Waals surface area (Å²) in [7, 11) is 1.38. The van der Waals surface area contributed by atoms with Gasteiger partial charge in [0.1, 0.15) is 11.8 Å². The van der Waals surface area contributed by atoms with E-state index in [1.54, 1.807) is 25.1 Å². The van der Waals surface area contributed by atoms with Crippen molar-refractivity contribution in [3.05, 3.63) is 46.5 Å². The first-order valence-corrected chi connectivity index (χ1v) is 9.19. The third-order valence-electron chi connectivity index (χ3n) is 3.97. The highest BCUT2D eigenvalue weighted by Crippen LogP contribution is 2.31. The monoisotopic (exact) mass is 403 g/mol. The average Bonchev–Trinajstić information content (AvgIpc) is 2.70. The number of hydrogen-bond donors (Lipinski definition) is 2. The Morgan fingerprint density at radius 2 is 1.76 bits per heavy atom. The molecule has 0 aliphatic heterocycles. The Bertz CT molecular complexity index is 871. The Hall–Kier alpha value is -3.49. The first kappa shape index (κ1) is 21.8. The molecular weight excluding hydrogens is 378 g/mol. The molecular formula is C20H25N3O6. The lowest BCUT2D eigenvalue weighted by Crippen LogP contribution is -2.32. The number of rotatable bonds is 10. The van der Waals surface area contributed by atoms with E-state index in [1.165, 1.54) is 25.3 Å². The number of nitro groups is 1. The number of ether oxygens (including phenoxy) is 3. The second-order valence-corrected chi connectivity index (χ2v) is 6.02. The fourth-order valence-electron chi connectivity index (χ4n) is 2.59. The molecule has 0 unspecified atom stereocenters. The number of benzene rings is 2. The van der Waals surface area contributed by atoms with Crippen LogP contribution in [0.4, 0.5) is 17.1 Å². The maximum absolute atomic E-state index is 12.6. The fourth-order valence-corrected chi connectivity index (χ4v) is 2.59. The number of amides is 1. The van der Waals surface area contributed by atoms with E-state index in [4.69, 9.17) is 14.2 Å². The molecule has 0 aliphatic rings. The van der Waals surface area contributed by atoms with Gasteiger partial charge in [-0.2, -0.15) is 0 Å². The van der Waals surface area contributed by atoms with Crippen LogP contribution >= 0.6 is 0 Å². The van der Waals surface area contributed by atoms with Crippen LogP contribution in [0.15, 0.2) is 36.4 Å². The molecule has 0 saturated carbocycles. The van der Waals surface area contributed by atoms with Gasteiger partial charge in [-0.05, 0) is 39.0 Å². The van der Waals surface area contributed by atoms with Gasteiger partial charge in [-0.3, -0.25) is 14.9 Å². The molecule has 0 aliphatic carbocycles. The number of methoxy groups -OCH3 is 1. The average molecular weight is 403 g/mol. The zero-order chi connectivity index (χ0) is 21.4. The number of carbonyl (C=O) groups is 1. The number of nitro benzene ring substituents is 1. The Morgan fingerprint density at radius 1 is 1.07 bits per heavy atom. The van der Waals surface area contributed by atoms with E-state index in [0.717, 1.165) is 0 Å². The van der Waals surface area contributed by atoms with Crippen molar-refractivity contribution < 1.29 is 23.9 Å². The number of nitrogens with one attached hydrogen (secondary N) is 2. The zero-order valence-electron chi connectivity index (χ0n) is 16.9. The molecule has 0 saturated heterocycles. The molecule has 2 N–H and O–H groups in total. The topological polar surface area (TPSA) is 112 Å². The van der Waals surface area contributed by atoms with Crippen LogP contribution in [0.3, 0.4) is 0 Å². The third kappa shape index (κ3) is 5.74. The standard InChI is InChI=1S/C20H25N3O6/c1-5-28-17-10-7-14(11-19(17)29-6-2)21-13(3)20(24)22-16-9-8-15(23(25)26)12-18(16)27-4/h7-13,21H,5-6H2,1-4H3,(H,22,24)/t13-/m1/s1. The SMILES string of the molecule is CCOc1ccc(N[C@H](C)C(=O)Nc2ccc([N+](=O)[O-])cc2OC)cc1OCC. The van der Waals surface area contributed by atoms with Crippen molar-refractivity contribution in [2.45, 2.75) is 26.8 Å². The minimum atomic E-state index is -0.595. The smallest absolute Gasteiger partial charge is 0.273 e. The highest BCUT2D eigenvalue weighted by molar-refractivity contribution is 5.97. The van der Waals surface area contributed by atoms with E-state index in [9.17, 15) is 14.9 Å². The van der Waals surface area contributed by atoms with Crippen molar-refractivity contribution in [3.8, 4) is 17.2 Å². The van der Waals surface area contributed by atoms with Gasteiger partial charge in [0.2, 0.25) is 5.91 Å². The Balaban J connectivity index is 2.11. The van der Waals surface area contributed by atoms with E-state index in [0.29, 0.717) is 36.1 Å². The van der Waals surface area contributed by atoms with Crippen molar-refractivity contribution in [2.24, 2.45) is 0 Å². The van der Waals surface area contributed by atoms with Crippen molar-refractivity contribution in [1.82, 2.24) is 0 Å². The van der Waals surface area contributed by atoms with Crippen LogP contribution in [-0.4, -0.2) is 37.2 Å².